The molecule has 0 bridgehead atoms. The molecule has 17 heavy (non-hydrogen) atoms. The Morgan fingerprint density at radius 3 is 3.06 bits per heavy atom. The van der Waals surface area contributed by atoms with E-state index in [2.05, 4.69) is 5.16 Å². The Bertz CT molecular complexity index is 402. The van der Waals surface area contributed by atoms with Crippen molar-refractivity contribution in [1.29, 1.82) is 0 Å². The van der Waals surface area contributed by atoms with Crippen molar-refractivity contribution in [2.24, 2.45) is 5.92 Å². The molecule has 5 nitrogen and oxygen atoms in total. The first-order chi connectivity index (χ1) is 8.11. The van der Waals surface area contributed by atoms with Crippen LogP contribution in [0.4, 0.5) is 0 Å². The van der Waals surface area contributed by atoms with Crippen LogP contribution in [0, 0.1) is 12.8 Å². The smallest absolute Gasteiger partial charge is 0.276 e. The van der Waals surface area contributed by atoms with Crippen molar-refractivity contribution < 1.29 is 14.4 Å². The van der Waals surface area contributed by atoms with Gasteiger partial charge in [0.15, 0.2) is 5.69 Å². The summed E-state index contributed by atoms with van der Waals surface area (Å²) in [6.07, 6.45) is 1.23. The van der Waals surface area contributed by atoms with Crippen LogP contribution >= 0.6 is 0 Å². The number of carbonyl (C=O) groups excluding carboxylic acids is 1. The van der Waals surface area contributed by atoms with E-state index in [0.717, 1.165) is 6.42 Å². The summed E-state index contributed by atoms with van der Waals surface area (Å²) in [5.41, 5.74) is 0.355. The zero-order valence-electron chi connectivity index (χ0n) is 10.2. The van der Waals surface area contributed by atoms with E-state index in [4.69, 9.17) is 4.52 Å². The predicted molar refractivity (Wildman–Crippen MR) is 61.5 cm³/mol. The standard InChI is InChI=1S/C12H18N2O3/c1-3-9-7-14(5-4-11(9)15)12(16)10-6-8(2)17-13-10/h6,9,11,15H,3-5,7H2,1-2H3. The fourth-order valence-electron chi connectivity index (χ4n) is 2.23. The maximum atomic E-state index is 12.1. The predicted octanol–water partition coefficient (Wildman–Crippen LogP) is 1.22. The quantitative estimate of drug-likeness (QED) is 0.841. The Morgan fingerprint density at radius 1 is 1.71 bits per heavy atom. The highest BCUT2D eigenvalue weighted by Gasteiger charge is 2.30. The summed E-state index contributed by atoms with van der Waals surface area (Å²) in [6, 6.07) is 1.65. The molecule has 0 radical (unpaired) electrons. The molecule has 5 heteroatoms. The zero-order chi connectivity index (χ0) is 12.4. The van der Waals surface area contributed by atoms with E-state index in [0.29, 0.717) is 31.0 Å². The third-order valence-electron chi connectivity index (χ3n) is 3.35. The van der Waals surface area contributed by atoms with Gasteiger partial charge in [-0.1, -0.05) is 12.1 Å². The molecule has 94 valence electrons. The van der Waals surface area contributed by atoms with E-state index >= 15 is 0 Å². The Hall–Kier alpha value is -1.36. The monoisotopic (exact) mass is 238 g/mol. The lowest BCUT2D eigenvalue weighted by molar-refractivity contribution is 0.0224. The second-order valence-electron chi connectivity index (χ2n) is 4.60. The van der Waals surface area contributed by atoms with Gasteiger partial charge in [-0.25, -0.2) is 0 Å². The molecule has 1 aliphatic heterocycles. The van der Waals surface area contributed by atoms with Gasteiger partial charge >= 0.3 is 0 Å². The number of aromatic nitrogens is 1. The first kappa shape index (κ1) is 12.1. The average molecular weight is 238 g/mol. The molecule has 0 saturated carbocycles. The van der Waals surface area contributed by atoms with Crippen molar-refractivity contribution in [2.45, 2.75) is 32.8 Å². The molecule has 2 rings (SSSR count). The maximum Gasteiger partial charge on any atom is 0.276 e. The fraction of sp³-hybridized carbons (Fsp3) is 0.667. The second kappa shape index (κ2) is 4.87. The van der Waals surface area contributed by atoms with Crippen LogP contribution in [0.15, 0.2) is 10.6 Å². The van der Waals surface area contributed by atoms with Crippen LogP contribution in [0.5, 0.6) is 0 Å². The number of carbonyl (C=O) groups is 1. The highest BCUT2D eigenvalue weighted by atomic mass is 16.5. The minimum Gasteiger partial charge on any atom is -0.393 e. The van der Waals surface area contributed by atoms with Gasteiger partial charge in [0, 0.05) is 25.1 Å². The van der Waals surface area contributed by atoms with Crippen molar-refractivity contribution >= 4 is 5.91 Å². The summed E-state index contributed by atoms with van der Waals surface area (Å²) in [5, 5.41) is 13.5. The van der Waals surface area contributed by atoms with E-state index in [1.165, 1.54) is 0 Å². The molecular weight excluding hydrogens is 220 g/mol. The number of likely N-dealkylation sites (tertiary alicyclic amines) is 1. The van der Waals surface area contributed by atoms with Crippen molar-refractivity contribution in [3.8, 4) is 0 Å². The Morgan fingerprint density at radius 2 is 2.47 bits per heavy atom. The largest absolute Gasteiger partial charge is 0.393 e. The van der Waals surface area contributed by atoms with E-state index in [9.17, 15) is 9.90 Å². The molecule has 2 unspecified atom stereocenters. The van der Waals surface area contributed by atoms with Crippen LogP contribution in [0.25, 0.3) is 0 Å². The first-order valence-corrected chi connectivity index (χ1v) is 6.02. The number of aryl methyl sites for hydroxylation is 1. The minimum absolute atomic E-state index is 0.104. The van der Waals surface area contributed by atoms with Gasteiger partial charge in [0.05, 0.1) is 6.10 Å². The normalized spacial score (nSPS) is 25.0. The third kappa shape index (κ3) is 2.49. The van der Waals surface area contributed by atoms with E-state index < -0.39 is 0 Å². The Labute approximate surface area is 100 Å². The number of aliphatic hydroxyl groups excluding tert-OH is 1. The van der Waals surface area contributed by atoms with Crippen LogP contribution in [0.1, 0.15) is 36.0 Å². The lowest BCUT2D eigenvalue weighted by atomic mass is 9.92. The van der Waals surface area contributed by atoms with Gasteiger partial charge in [-0.05, 0) is 19.8 Å². The third-order valence-corrected chi connectivity index (χ3v) is 3.35. The zero-order valence-corrected chi connectivity index (χ0v) is 10.2. The van der Waals surface area contributed by atoms with Gasteiger partial charge in [-0.3, -0.25) is 4.79 Å². The van der Waals surface area contributed by atoms with E-state index in [1.807, 2.05) is 6.92 Å². The molecule has 1 amide bonds. The fourth-order valence-corrected chi connectivity index (χ4v) is 2.23. The second-order valence-corrected chi connectivity index (χ2v) is 4.60. The van der Waals surface area contributed by atoms with Crippen molar-refractivity contribution in [3.63, 3.8) is 0 Å². The molecule has 2 atom stereocenters. The number of rotatable bonds is 2. The van der Waals surface area contributed by atoms with Crippen LogP contribution in [-0.2, 0) is 0 Å². The maximum absolute atomic E-state index is 12.1. The lowest BCUT2D eigenvalue weighted by Crippen LogP contribution is -2.45. The summed E-state index contributed by atoms with van der Waals surface area (Å²) >= 11 is 0. The number of piperidine rings is 1. The number of hydrogen-bond acceptors (Lipinski definition) is 4. The molecular formula is C12H18N2O3. The van der Waals surface area contributed by atoms with Gasteiger partial charge in [0.2, 0.25) is 0 Å². The van der Waals surface area contributed by atoms with Gasteiger partial charge < -0.3 is 14.5 Å². The molecule has 0 spiro atoms. The highest BCUT2D eigenvalue weighted by Crippen LogP contribution is 2.21. The summed E-state index contributed by atoms with van der Waals surface area (Å²) in [4.78, 5) is 13.9. The van der Waals surface area contributed by atoms with Crippen molar-refractivity contribution in [2.75, 3.05) is 13.1 Å². The van der Waals surface area contributed by atoms with Gasteiger partial charge in [0.1, 0.15) is 5.76 Å². The Kier molecular flexibility index (Phi) is 3.47. The topological polar surface area (TPSA) is 66.6 Å². The highest BCUT2D eigenvalue weighted by molar-refractivity contribution is 5.92. The van der Waals surface area contributed by atoms with Crippen LogP contribution in [0.2, 0.25) is 0 Å². The van der Waals surface area contributed by atoms with Gasteiger partial charge in [0.25, 0.3) is 5.91 Å². The molecule has 1 fully saturated rings. The molecule has 1 aliphatic rings. The van der Waals surface area contributed by atoms with Crippen molar-refractivity contribution in [1.82, 2.24) is 10.1 Å². The van der Waals surface area contributed by atoms with Crippen LogP contribution in [-0.4, -0.2) is 40.3 Å². The van der Waals surface area contributed by atoms with Crippen LogP contribution in [0.3, 0.4) is 0 Å². The molecule has 1 N–H and O–H groups in total. The summed E-state index contributed by atoms with van der Waals surface area (Å²) in [5.74, 6) is 0.699. The minimum atomic E-state index is -0.289. The summed E-state index contributed by atoms with van der Waals surface area (Å²) < 4.78 is 4.90. The number of hydrogen-bond donors (Lipinski definition) is 1. The lowest BCUT2D eigenvalue weighted by Gasteiger charge is -2.35. The Balaban J connectivity index is 2.05. The van der Waals surface area contributed by atoms with Crippen molar-refractivity contribution in [3.05, 3.63) is 17.5 Å². The van der Waals surface area contributed by atoms with Gasteiger partial charge in [-0.15, -0.1) is 0 Å². The molecule has 1 aromatic rings. The number of nitrogens with zero attached hydrogens (tertiary/aromatic N) is 2. The number of amides is 1. The van der Waals surface area contributed by atoms with E-state index in [1.54, 1.807) is 17.9 Å². The molecule has 1 saturated heterocycles. The molecule has 0 aromatic carbocycles. The van der Waals surface area contributed by atoms with E-state index in [-0.39, 0.29) is 17.9 Å². The van der Waals surface area contributed by atoms with Crippen LogP contribution < -0.4 is 0 Å². The average Bonchev–Trinajstić information content (AvgIpc) is 2.75. The summed E-state index contributed by atoms with van der Waals surface area (Å²) in [6.45, 7) is 4.98. The molecule has 0 aliphatic carbocycles. The SMILES string of the molecule is CCC1CN(C(=O)c2cc(C)on2)CCC1O. The molecule has 1 aromatic heterocycles. The summed E-state index contributed by atoms with van der Waals surface area (Å²) in [7, 11) is 0. The first-order valence-electron chi connectivity index (χ1n) is 6.02. The molecule has 2 heterocycles. The van der Waals surface area contributed by atoms with Gasteiger partial charge in [-0.2, -0.15) is 0 Å². The number of aliphatic hydroxyl groups is 1.